The molecule has 112 valence electrons. The van der Waals surface area contributed by atoms with Gasteiger partial charge in [0.05, 0.1) is 0 Å². The van der Waals surface area contributed by atoms with Crippen LogP contribution in [-0.4, -0.2) is 30.9 Å². The zero-order valence-corrected chi connectivity index (χ0v) is 12.9. The van der Waals surface area contributed by atoms with E-state index in [-0.39, 0.29) is 0 Å². The quantitative estimate of drug-likeness (QED) is 0.768. The molecule has 1 fully saturated rings. The molecular weight excluding hydrogens is 250 g/mol. The molecule has 0 bridgehead atoms. The molecule has 0 spiro atoms. The van der Waals surface area contributed by atoms with Crippen LogP contribution in [0.25, 0.3) is 0 Å². The summed E-state index contributed by atoms with van der Waals surface area (Å²) >= 11 is 0. The van der Waals surface area contributed by atoms with E-state index in [0.29, 0.717) is 18.6 Å². The van der Waals surface area contributed by atoms with Crippen molar-refractivity contribution < 1.29 is 9.84 Å². The van der Waals surface area contributed by atoms with Gasteiger partial charge in [0, 0.05) is 13.1 Å². The first-order chi connectivity index (χ1) is 9.54. The lowest BCUT2D eigenvalue weighted by molar-refractivity contribution is 0.104. The SMILES string of the molecule is CCC1(CNCC(O)COc2ccc(C)cc2C)CC1. The van der Waals surface area contributed by atoms with Crippen molar-refractivity contribution in [2.75, 3.05) is 19.7 Å². The molecule has 1 atom stereocenters. The Kier molecular flexibility index (Phi) is 5.06. The normalized spacial score (nSPS) is 17.8. The summed E-state index contributed by atoms with van der Waals surface area (Å²) in [6.07, 6.45) is 3.43. The van der Waals surface area contributed by atoms with Crippen LogP contribution in [0.3, 0.4) is 0 Å². The second-order valence-electron chi connectivity index (χ2n) is 6.22. The highest BCUT2D eigenvalue weighted by molar-refractivity contribution is 5.35. The second-order valence-corrected chi connectivity index (χ2v) is 6.22. The summed E-state index contributed by atoms with van der Waals surface area (Å²) in [5.74, 6) is 0.863. The van der Waals surface area contributed by atoms with Crippen LogP contribution >= 0.6 is 0 Å². The van der Waals surface area contributed by atoms with Gasteiger partial charge in [0.15, 0.2) is 0 Å². The third-order valence-corrected chi connectivity index (χ3v) is 4.35. The number of ether oxygens (including phenoxy) is 1. The molecule has 1 aromatic rings. The van der Waals surface area contributed by atoms with Gasteiger partial charge in [-0.2, -0.15) is 0 Å². The van der Waals surface area contributed by atoms with E-state index >= 15 is 0 Å². The van der Waals surface area contributed by atoms with Crippen molar-refractivity contribution >= 4 is 0 Å². The van der Waals surface area contributed by atoms with Crippen LogP contribution < -0.4 is 10.1 Å². The monoisotopic (exact) mass is 277 g/mol. The predicted octanol–water partition coefficient (Wildman–Crippen LogP) is 2.82. The zero-order chi connectivity index (χ0) is 14.6. The van der Waals surface area contributed by atoms with Gasteiger partial charge in [-0.25, -0.2) is 0 Å². The Bertz CT molecular complexity index is 441. The maximum absolute atomic E-state index is 9.96. The summed E-state index contributed by atoms with van der Waals surface area (Å²) < 4.78 is 5.69. The van der Waals surface area contributed by atoms with Crippen LogP contribution in [0.2, 0.25) is 0 Å². The Morgan fingerprint density at radius 3 is 2.70 bits per heavy atom. The summed E-state index contributed by atoms with van der Waals surface area (Å²) in [7, 11) is 0. The van der Waals surface area contributed by atoms with Crippen LogP contribution in [0.4, 0.5) is 0 Å². The summed E-state index contributed by atoms with van der Waals surface area (Å²) in [6.45, 7) is 8.31. The van der Waals surface area contributed by atoms with Crippen molar-refractivity contribution in [2.45, 2.75) is 46.1 Å². The fourth-order valence-corrected chi connectivity index (χ4v) is 2.54. The van der Waals surface area contributed by atoms with E-state index in [1.165, 1.54) is 24.8 Å². The molecule has 1 saturated carbocycles. The second kappa shape index (κ2) is 6.59. The van der Waals surface area contributed by atoms with E-state index in [2.05, 4.69) is 25.2 Å². The third-order valence-electron chi connectivity index (χ3n) is 4.35. The molecule has 2 N–H and O–H groups in total. The molecule has 0 heterocycles. The Morgan fingerprint density at radius 1 is 1.35 bits per heavy atom. The summed E-state index contributed by atoms with van der Waals surface area (Å²) in [5.41, 5.74) is 2.87. The average Bonchev–Trinajstić information content (AvgIpc) is 3.18. The Hall–Kier alpha value is -1.06. The molecule has 0 amide bonds. The minimum atomic E-state index is -0.455. The van der Waals surface area contributed by atoms with Crippen LogP contribution in [0.1, 0.15) is 37.3 Å². The first-order valence-electron chi connectivity index (χ1n) is 7.63. The van der Waals surface area contributed by atoms with Gasteiger partial charge in [0.1, 0.15) is 18.5 Å². The molecule has 3 heteroatoms. The molecule has 1 aliphatic carbocycles. The van der Waals surface area contributed by atoms with Crippen molar-refractivity contribution in [3.05, 3.63) is 29.3 Å². The minimum absolute atomic E-state index is 0.343. The minimum Gasteiger partial charge on any atom is -0.491 e. The zero-order valence-electron chi connectivity index (χ0n) is 12.9. The number of rotatable bonds is 8. The first kappa shape index (κ1) is 15.3. The van der Waals surface area contributed by atoms with Crippen LogP contribution in [0.5, 0.6) is 5.75 Å². The highest BCUT2D eigenvalue weighted by Gasteiger charge is 2.39. The van der Waals surface area contributed by atoms with Gasteiger partial charge in [-0.15, -0.1) is 0 Å². The van der Waals surface area contributed by atoms with E-state index in [9.17, 15) is 5.11 Å². The van der Waals surface area contributed by atoms with Gasteiger partial charge in [-0.3, -0.25) is 0 Å². The number of hydrogen-bond acceptors (Lipinski definition) is 3. The fourth-order valence-electron chi connectivity index (χ4n) is 2.54. The average molecular weight is 277 g/mol. The fraction of sp³-hybridized carbons (Fsp3) is 0.647. The molecule has 0 aromatic heterocycles. The lowest BCUT2D eigenvalue weighted by Gasteiger charge is -2.17. The highest BCUT2D eigenvalue weighted by Crippen LogP contribution is 2.47. The van der Waals surface area contributed by atoms with Gasteiger partial charge >= 0.3 is 0 Å². The Labute approximate surface area is 122 Å². The lowest BCUT2D eigenvalue weighted by Crippen LogP contribution is -2.34. The molecule has 1 unspecified atom stereocenters. The van der Waals surface area contributed by atoms with Gasteiger partial charge in [0.25, 0.3) is 0 Å². The Balaban J connectivity index is 1.68. The lowest BCUT2D eigenvalue weighted by atomic mass is 10.0. The number of nitrogens with one attached hydrogen (secondary N) is 1. The molecule has 1 aromatic carbocycles. The van der Waals surface area contributed by atoms with Gasteiger partial charge in [-0.05, 0) is 50.2 Å². The summed E-state index contributed by atoms with van der Waals surface area (Å²) in [6, 6.07) is 6.10. The van der Waals surface area contributed by atoms with Crippen molar-refractivity contribution in [1.82, 2.24) is 5.32 Å². The molecule has 20 heavy (non-hydrogen) atoms. The van der Waals surface area contributed by atoms with Gasteiger partial charge in [-0.1, -0.05) is 24.6 Å². The van der Waals surface area contributed by atoms with E-state index in [1.807, 2.05) is 19.1 Å². The number of aryl methyl sites for hydroxylation is 2. The smallest absolute Gasteiger partial charge is 0.122 e. The first-order valence-corrected chi connectivity index (χ1v) is 7.63. The van der Waals surface area contributed by atoms with Crippen molar-refractivity contribution in [3.8, 4) is 5.75 Å². The summed E-state index contributed by atoms with van der Waals surface area (Å²) in [4.78, 5) is 0. The molecule has 1 aliphatic rings. The maximum atomic E-state index is 9.96. The van der Waals surface area contributed by atoms with E-state index in [1.54, 1.807) is 0 Å². The van der Waals surface area contributed by atoms with Crippen molar-refractivity contribution in [2.24, 2.45) is 5.41 Å². The molecular formula is C17H27NO2. The highest BCUT2D eigenvalue weighted by atomic mass is 16.5. The number of aliphatic hydroxyl groups is 1. The van der Waals surface area contributed by atoms with Gasteiger partial charge in [0.2, 0.25) is 0 Å². The molecule has 2 rings (SSSR count). The molecule has 0 saturated heterocycles. The van der Waals surface area contributed by atoms with E-state index in [0.717, 1.165) is 17.9 Å². The molecule has 3 nitrogen and oxygen atoms in total. The topological polar surface area (TPSA) is 41.5 Å². The predicted molar refractivity (Wildman–Crippen MR) is 82.2 cm³/mol. The largest absolute Gasteiger partial charge is 0.491 e. The standard InChI is InChI=1S/C17H27NO2/c1-4-17(7-8-17)12-18-10-15(19)11-20-16-6-5-13(2)9-14(16)3/h5-6,9,15,18-19H,4,7-8,10-12H2,1-3H3. The van der Waals surface area contributed by atoms with Gasteiger partial charge < -0.3 is 15.2 Å². The van der Waals surface area contributed by atoms with Crippen LogP contribution in [0.15, 0.2) is 18.2 Å². The van der Waals surface area contributed by atoms with Crippen molar-refractivity contribution in [3.63, 3.8) is 0 Å². The van der Waals surface area contributed by atoms with Crippen molar-refractivity contribution in [1.29, 1.82) is 0 Å². The van der Waals surface area contributed by atoms with Crippen LogP contribution in [0, 0.1) is 19.3 Å². The maximum Gasteiger partial charge on any atom is 0.122 e. The van der Waals surface area contributed by atoms with E-state index < -0.39 is 6.10 Å². The third kappa shape index (κ3) is 4.22. The number of benzene rings is 1. The van der Waals surface area contributed by atoms with Crippen LogP contribution in [-0.2, 0) is 0 Å². The number of aliphatic hydroxyl groups excluding tert-OH is 1. The number of hydrogen-bond donors (Lipinski definition) is 2. The summed E-state index contributed by atoms with van der Waals surface area (Å²) in [5, 5.41) is 13.3. The molecule has 0 radical (unpaired) electrons. The molecule has 0 aliphatic heterocycles. The Morgan fingerprint density at radius 2 is 2.10 bits per heavy atom. The van der Waals surface area contributed by atoms with E-state index in [4.69, 9.17) is 4.74 Å².